The largest absolute Gasteiger partial charge is 0.357 e. The molecule has 0 amide bonds. The Morgan fingerprint density at radius 2 is 1.88 bits per heavy atom. The second-order valence-electron chi connectivity index (χ2n) is 4.92. The van der Waals surface area contributed by atoms with E-state index in [9.17, 15) is 0 Å². The maximum Gasteiger partial charge on any atom is 0.230 e. The molecule has 1 saturated heterocycles. The van der Waals surface area contributed by atoms with Crippen molar-refractivity contribution < 1.29 is 0 Å². The number of hydrogen-bond acceptors (Lipinski definition) is 5. The Bertz CT molecular complexity index is 371. The summed E-state index contributed by atoms with van der Waals surface area (Å²) in [6.45, 7) is 6.49. The van der Waals surface area contributed by atoms with Crippen LogP contribution in [0.4, 0.5) is 11.9 Å². The quantitative estimate of drug-likeness (QED) is 0.861. The van der Waals surface area contributed by atoms with E-state index in [1.165, 1.54) is 12.8 Å². The number of rotatable bonds is 4. The van der Waals surface area contributed by atoms with Gasteiger partial charge in [-0.15, -0.1) is 0 Å². The first kappa shape index (κ1) is 12.1. The van der Waals surface area contributed by atoms with Gasteiger partial charge in [0.05, 0.1) is 0 Å². The van der Waals surface area contributed by atoms with Crippen LogP contribution < -0.4 is 10.2 Å². The van der Waals surface area contributed by atoms with Crippen LogP contribution in [0.25, 0.3) is 0 Å². The average Bonchev–Trinajstić information content (AvgIpc) is 2.81. The topological polar surface area (TPSA) is 53.9 Å². The SMILES string of the molecule is CNc1nc(CC(C)C)nc(N2CCCC2)n1. The number of aromatic nitrogens is 3. The van der Waals surface area contributed by atoms with E-state index in [2.05, 4.69) is 39.0 Å². The van der Waals surface area contributed by atoms with Gasteiger partial charge in [-0.25, -0.2) is 0 Å². The maximum atomic E-state index is 4.57. The lowest BCUT2D eigenvalue weighted by molar-refractivity contribution is 0.617. The predicted octanol–water partition coefficient (Wildman–Crippen LogP) is 1.71. The summed E-state index contributed by atoms with van der Waals surface area (Å²) in [6, 6.07) is 0. The molecule has 94 valence electrons. The van der Waals surface area contributed by atoms with Gasteiger partial charge >= 0.3 is 0 Å². The van der Waals surface area contributed by atoms with Crippen molar-refractivity contribution in [1.82, 2.24) is 15.0 Å². The van der Waals surface area contributed by atoms with Gasteiger partial charge in [-0.2, -0.15) is 15.0 Å². The fourth-order valence-corrected chi connectivity index (χ4v) is 2.03. The highest BCUT2D eigenvalue weighted by molar-refractivity contribution is 5.37. The molecule has 0 unspecified atom stereocenters. The van der Waals surface area contributed by atoms with Crippen molar-refractivity contribution in [2.75, 3.05) is 30.4 Å². The van der Waals surface area contributed by atoms with Gasteiger partial charge in [0.15, 0.2) is 0 Å². The van der Waals surface area contributed by atoms with Gasteiger partial charge in [0.25, 0.3) is 0 Å². The molecular formula is C12H21N5. The molecule has 0 bridgehead atoms. The minimum absolute atomic E-state index is 0.563. The van der Waals surface area contributed by atoms with Gasteiger partial charge in [-0.3, -0.25) is 0 Å². The molecule has 1 aliphatic rings. The third-order valence-corrected chi connectivity index (χ3v) is 2.87. The second kappa shape index (κ2) is 5.29. The molecule has 0 atom stereocenters. The van der Waals surface area contributed by atoms with Crippen molar-refractivity contribution >= 4 is 11.9 Å². The Balaban J connectivity index is 2.24. The molecule has 0 aliphatic carbocycles. The molecule has 1 N–H and O–H groups in total. The first-order valence-electron chi connectivity index (χ1n) is 6.36. The summed E-state index contributed by atoms with van der Waals surface area (Å²) in [6.07, 6.45) is 3.37. The van der Waals surface area contributed by atoms with Crippen molar-refractivity contribution in [3.05, 3.63) is 5.82 Å². The molecule has 17 heavy (non-hydrogen) atoms. The Morgan fingerprint density at radius 1 is 1.18 bits per heavy atom. The lowest BCUT2D eigenvalue weighted by atomic mass is 10.1. The fraction of sp³-hybridized carbons (Fsp3) is 0.750. The number of anilines is 2. The van der Waals surface area contributed by atoms with Crippen LogP contribution in [0.5, 0.6) is 0 Å². The first-order chi connectivity index (χ1) is 8.19. The molecule has 5 heteroatoms. The smallest absolute Gasteiger partial charge is 0.230 e. The zero-order chi connectivity index (χ0) is 12.3. The van der Waals surface area contributed by atoms with Gasteiger partial charge in [-0.1, -0.05) is 13.8 Å². The van der Waals surface area contributed by atoms with E-state index in [-0.39, 0.29) is 0 Å². The molecule has 1 aromatic rings. The first-order valence-corrected chi connectivity index (χ1v) is 6.36. The third kappa shape index (κ3) is 3.05. The zero-order valence-electron chi connectivity index (χ0n) is 10.9. The highest BCUT2D eigenvalue weighted by atomic mass is 15.3. The summed E-state index contributed by atoms with van der Waals surface area (Å²) >= 11 is 0. The number of nitrogens with one attached hydrogen (secondary N) is 1. The summed E-state index contributed by atoms with van der Waals surface area (Å²) in [4.78, 5) is 15.6. The van der Waals surface area contributed by atoms with Gasteiger partial charge in [0.1, 0.15) is 5.82 Å². The second-order valence-corrected chi connectivity index (χ2v) is 4.92. The molecule has 0 aromatic carbocycles. The molecule has 1 aliphatic heterocycles. The average molecular weight is 235 g/mol. The maximum absolute atomic E-state index is 4.57. The van der Waals surface area contributed by atoms with Crippen LogP contribution in [0.1, 0.15) is 32.5 Å². The van der Waals surface area contributed by atoms with E-state index in [1.807, 2.05) is 7.05 Å². The number of hydrogen-bond donors (Lipinski definition) is 1. The zero-order valence-corrected chi connectivity index (χ0v) is 10.9. The molecule has 2 rings (SSSR count). The van der Waals surface area contributed by atoms with Crippen molar-refractivity contribution in [2.45, 2.75) is 33.1 Å². The van der Waals surface area contributed by atoms with Crippen molar-refractivity contribution in [3.63, 3.8) is 0 Å². The lowest BCUT2D eigenvalue weighted by Gasteiger charge is -2.16. The summed E-state index contributed by atoms with van der Waals surface area (Å²) < 4.78 is 0. The van der Waals surface area contributed by atoms with Crippen LogP contribution in [0.2, 0.25) is 0 Å². The molecule has 0 saturated carbocycles. The van der Waals surface area contributed by atoms with Crippen LogP contribution in [-0.4, -0.2) is 35.1 Å². The Labute approximate surface area is 103 Å². The van der Waals surface area contributed by atoms with Crippen LogP contribution in [-0.2, 0) is 6.42 Å². The summed E-state index contributed by atoms with van der Waals surface area (Å²) in [5.41, 5.74) is 0. The van der Waals surface area contributed by atoms with E-state index in [0.29, 0.717) is 11.9 Å². The van der Waals surface area contributed by atoms with Gasteiger partial charge in [0.2, 0.25) is 11.9 Å². The third-order valence-electron chi connectivity index (χ3n) is 2.87. The Morgan fingerprint density at radius 3 is 2.47 bits per heavy atom. The van der Waals surface area contributed by atoms with Crippen LogP contribution in [0, 0.1) is 5.92 Å². The Hall–Kier alpha value is -1.39. The Kier molecular flexibility index (Phi) is 3.76. The van der Waals surface area contributed by atoms with E-state index in [0.717, 1.165) is 31.3 Å². The van der Waals surface area contributed by atoms with Crippen LogP contribution in [0.15, 0.2) is 0 Å². The van der Waals surface area contributed by atoms with Crippen LogP contribution in [0.3, 0.4) is 0 Å². The van der Waals surface area contributed by atoms with Gasteiger partial charge in [-0.05, 0) is 18.8 Å². The molecule has 2 heterocycles. The normalized spacial score (nSPS) is 15.6. The van der Waals surface area contributed by atoms with Crippen molar-refractivity contribution in [2.24, 2.45) is 5.92 Å². The fourth-order valence-electron chi connectivity index (χ4n) is 2.03. The molecule has 1 fully saturated rings. The molecule has 1 aromatic heterocycles. The summed E-state index contributed by atoms with van der Waals surface area (Å²) in [5, 5.41) is 3.02. The predicted molar refractivity (Wildman–Crippen MR) is 69.4 cm³/mol. The minimum atomic E-state index is 0.563. The highest BCUT2D eigenvalue weighted by Crippen LogP contribution is 2.17. The van der Waals surface area contributed by atoms with E-state index < -0.39 is 0 Å². The van der Waals surface area contributed by atoms with Gasteiger partial charge in [0, 0.05) is 26.6 Å². The van der Waals surface area contributed by atoms with E-state index in [4.69, 9.17) is 0 Å². The molecule has 0 spiro atoms. The van der Waals surface area contributed by atoms with Crippen LogP contribution >= 0.6 is 0 Å². The van der Waals surface area contributed by atoms with Crippen molar-refractivity contribution in [1.29, 1.82) is 0 Å². The summed E-state index contributed by atoms with van der Waals surface area (Å²) in [7, 11) is 1.85. The standard InChI is InChI=1S/C12H21N5/c1-9(2)8-10-14-11(13-3)16-12(15-10)17-6-4-5-7-17/h9H,4-8H2,1-3H3,(H,13,14,15,16). The summed E-state index contributed by atoms with van der Waals surface area (Å²) in [5.74, 6) is 2.96. The number of nitrogens with zero attached hydrogens (tertiary/aromatic N) is 4. The van der Waals surface area contributed by atoms with Gasteiger partial charge < -0.3 is 10.2 Å². The highest BCUT2D eigenvalue weighted by Gasteiger charge is 2.17. The van der Waals surface area contributed by atoms with E-state index >= 15 is 0 Å². The minimum Gasteiger partial charge on any atom is -0.357 e. The lowest BCUT2D eigenvalue weighted by Crippen LogP contribution is -2.22. The molecule has 0 radical (unpaired) electrons. The molecular weight excluding hydrogens is 214 g/mol. The van der Waals surface area contributed by atoms with Crippen molar-refractivity contribution in [3.8, 4) is 0 Å². The van der Waals surface area contributed by atoms with E-state index in [1.54, 1.807) is 0 Å². The monoisotopic (exact) mass is 235 g/mol. The molecule has 5 nitrogen and oxygen atoms in total.